The molecule has 0 saturated heterocycles. The van der Waals surface area contributed by atoms with Gasteiger partial charge in [0.15, 0.2) is 11.8 Å². The number of aromatic amines is 1. The molecule has 0 spiro atoms. The molecule has 0 aliphatic heterocycles. The van der Waals surface area contributed by atoms with Crippen LogP contribution in [0.1, 0.15) is 5.56 Å². The van der Waals surface area contributed by atoms with Crippen molar-refractivity contribution >= 4 is 29.4 Å². The molecule has 134 valence electrons. The summed E-state index contributed by atoms with van der Waals surface area (Å²) >= 11 is 0.955. The highest BCUT2D eigenvalue weighted by Crippen LogP contribution is 2.11. The van der Waals surface area contributed by atoms with E-state index in [2.05, 4.69) is 20.8 Å². The van der Waals surface area contributed by atoms with Gasteiger partial charge in [-0.3, -0.25) is 25.2 Å². The highest BCUT2D eigenvalue weighted by atomic mass is 32.2. The molecule has 0 saturated carbocycles. The Balaban J connectivity index is 1.70. The molecule has 11 heteroatoms. The van der Waals surface area contributed by atoms with Crippen LogP contribution in [0.15, 0.2) is 40.3 Å². The van der Waals surface area contributed by atoms with E-state index in [1.54, 1.807) is 24.3 Å². The average Bonchev–Trinajstić information content (AvgIpc) is 2.62. The summed E-state index contributed by atoms with van der Waals surface area (Å²) in [5.74, 6) is -0.707. The number of nitrogens with two attached hydrogens (primary N) is 1. The Morgan fingerprint density at radius 1 is 1.27 bits per heavy atom. The van der Waals surface area contributed by atoms with E-state index in [0.717, 1.165) is 17.8 Å². The Bertz CT molecular complexity index is 890. The van der Waals surface area contributed by atoms with Gasteiger partial charge in [-0.1, -0.05) is 11.8 Å². The van der Waals surface area contributed by atoms with E-state index in [-0.39, 0.29) is 23.3 Å². The molecule has 0 unspecified atom stereocenters. The highest BCUT2D eigenvalue weighted by molar-refractivity contribution is 7.99. The Morgan fingerprint density at radius 3 is 2.62 bits per heavy atom. The van der Waals surface area contributed by atoms with Crippen molar-refractivity contribution in [1.82, 2.24) is 20.8 Å². The summed E-state index contributed by atoms with van der Waals surface area (Å²) in [5.41, 5.74) is 9.87. The minimum absolute atomic E-state index is 0.0462. The third-order valence-corrected chi connectivity index (χ3v) is 3.65. The second-order valence-corrected chi connectivity index (χ2v) is 5.75. The van der Waals surface area contributed by atoms with Gasteiger partial charge in [0.05, 0.1) is 17.4 Å². The minimum atomic E-state index is -0.566. The molecule has 1 heterocycles. The van der Waals surface area contributed by atoms with Crippen LogP contribution in [-0.4, -0.2) is 34.1 Å². The number of hydrazine groups is 1. The topological polar surface area (TPSA) is 163 Å². The summed E-state index contributed by atoms with van der Waals surface area (Å²) in [4.78, 5) is 40.8. The number of hydrogen-bond acceptors (Lipinski definition) is 8. The van der Waals surface area contributed by atoms with Crippen molar-refractivity contribution in [2.24, 2.45) is 0 Å². The number of H-pyrrole nitrogens is 1. The first-order chi connectivity index (χ1) is 12.5. The van der Waals surface area contributed by atoms with Gasteiger partial charge in [0.1, 0.15) is 11.6 Å². The Kier molecular flexibility index (Phi) is 6.58. The monoisotopic (exact) mass is 374 g/mol. The van der Waals surface area contributed by atoms with Gasteiger partial charge in [-0.2, -0.15) is 5.26 Å². The average molecular weight is 374 g/mol. The number of nitrogens with zero attached hydrogens (tertiary/aromatic N) is 2. The second-order valence-electron chi connectivity index (χ2n) is 4.79. The van der Waals surface area contributed by atoms with Crippen LogP contribution in [-0.2, 0) is 9.59 Å². The summed E-state index contributed by atoms with van der Waals surface area (Å²) < 4.78 is 5.21. The molecular formula is C15H14N6O4S. The smallest absolute Gasteiger partial charge is 0.276 e. The van der Waals surface area contributed by atoms with Crippen LogP contribution in [0.2, 0.25) is 0 Å². The third-order valence-electron chi connectivity index (χ3n) is 2.77. The highest BCUT2D eigenvalue weighted by Gasteiger charge is 2.08. The quantitative estimate of drug-likeness (QED) is 0.300. The lowest BCUT2D eigenvalue weighted by molar-refractivity contribution is -0.128. The Morgan fingerprint density at radius 2 is 1.96 bits per heavy atom. The number of carbonyl (C=O) groups excluding carboxylic acids is 2. The molecule has 5 N–H and O–H groups in total. The van der Waals surface area contributed by atoms with E-state index in [4.69, 9.17) is 15.7 Å². The number of nitriles is 1. The van der Waals surface area contributed by atoms with E-state index in [1.165, 1.54) is 0 Å². The van der Waals surface area contributed by atoms with Crippen LogP contribution in [0.3, 0.4) is 0 Å². The van der Waals surface area contributed by atoms with E-state index in [9.17, 15) is 14.4 Å². The molecule has 26 heavy (non-hydrogen) atoms. The van der Waals surface area contributed by atoms with E-state index in [0.29, 0.717) is 11.3 Å². The fraction of sp³-hybridized carbons (Fsp3) is 0.133. The van der Waals surface area contributed by atoms with Crippen LogP contribution < -0.4 is 26.9 Å². The van der Waals surface area contributed by atoms with Crippen molar-refractivity contribution in [3.8, 4) is 11.8 Å². The van der Waals surface area contributed by atoms with Gasteiger partial charge >= 0.3 is 0 Å². The molecule has 1 aromatic heterocycles. The summed E-state index contributed by atoms with van der Waals surface area (Å²) in [7, 11) is 0. The maximum absolute atomic E-state index is 11.7. The zero-order valence-electron chi connectivity index (χ0n) is 13.3. The van der Waals surface area contributed by atoms with Gasteiger partial charge in [0.2, 0.25) is 5.91 Å². The Labute approximate surface area is 151 Å². The van der Waals surface area contributed by atoms with E-state index >= 15 is 0 Å². The molecule has 10 nitrogen and oxygen atoms in total. The van der Waals surface area contributed by atoms with Crippen LogP contribution in [0, 0.1) is 11.3 Å². The zero-order chi connectivity index (χ0) is 18.9. The predicted octanol–water partition coefficient (Wildman–Crippen LogP) is -0.458. The van der Waals surface area contributed by atoms with Crippen molar-refractivity contribution < 1.29 is 14.3 Å². The lowest BCUT2D eigenvalue weighted by Crippen LogP contribution is -2.44. The predicted molar refractivity (Wildman–Crippen MR) is 92.9 cm³/mol. The number of hydrogen-bond donors (Lipinski definition) is 4. The normalized spacial score (nSPS) is 9.81. The van der Waals surface area contributed by atoms with E-state index in [1.807, 2.05) is 6.07 Å². The molecule has 0 radical (unpaired) electrons. The van der Waals surface area contributed by atoms with Gasteiger partial charge in [-0.05, 0) is 24.3 Å². The van der Waals surface area contributed by atoms with Crippen molar-refractivity contribution in [2.45, 2.75) is 5.16 Å². The van der Waals surface area contributed by atoms with Gasteiger partial charge in [-0.25, -0.2) is 4.98 Å². The number of benzene rings is 1. The third kappa shape index (κ3) is 6.17. The number of aromatic nitrogens is 2. The number of carbonyl (C=O) groups is 2. The molecule has 1 aromatic carbocycles. The number of nitrogens with one attached hydrogen (secondary N) is 3. The number of amides is 2. The van der Waals surface area contributed by atoms with Crippen molar-refractivity contribution in [3.05, 3.63) is 46.2 Å². The van der Waals surface area contributed by atoms with Gasteiger partial charge in [0, 0.05) is 6.07 Å². The first-order valence-corrected chi connectivity index (χ1v) is 8.15. The number of anilines is 1. The van der Waals surface area contributed by atoms with Crippen LogP contribution >= 0.6 is 11.8 Å². The lowest BCUT2D eigenvalue weighted by atomic mass is 10.2. The molecule has 2 rings (SSSR count). The Hall–Kier alpha value is -3.52. The van der Waals surface area contributed by atoms with E-state index < -0.39 is 17.4 Å². The second kappa shape index (κ2) is 9.09. The fourth-order valence-electron chi connectivity index (χ4n) is 1.64. The number of nitrogen functional groups attached to an aromatic ring is 1. The summed E-state index contributed by atoms with van der Waals surface area (Å²) in [5, 5.41) is 8.88. The summed E-state index contributed by atoms with van der Waals surface area (Å²) in [6.45, 7) is -0.316. The van der Waals surface area contributed by atoms with Crippen molar-refractivity contribution in [1.29, 1.82) is 5.26 Å². The molecule has 0 aliphatic rings. The molecule has 0 atom stereocenters. The zero-order valence-corrected chi connectivity index (χ0v) is 14.1. The number of rotatable bonds is 6. The molecule has 0 aliphatic carbocycles. The van der Waals surface area contributed by atoms with Gasteiger partial charge < -0.3 is 15.5 Å². The standard InChI is InChI=1S/C15H14N6O4S/c16-6-9-1-3-10(4-2-9)25-7-13(23)20-21-14(24)8-26-15-18-11(17)5-12(22)19-15/h1-5H,7-8H2,(H,20,23)(H,21,24)(H3,17,18,19,22). The summed E-state index contributed by atoms with van der Waals surface area (Å²) in [6.07, 6.45) is 0. The first kappa shape index (κ1) is 18.8. The van der Waals surface area contributed by atoms with Gasteiger partial charge in [0.25, 0.3) is 11.5 Å². The minimum Gasteiger partial charge on any atom is -0.484 e. The molecule has 0 bridgehead atoms. The molecule has 0 fully saturated rings. The van der Waals surface area contributed by atoms with Crippen LogP contribution in [0.5, 0.6) is 5.75 Å². The fourth-order valence-corrected chi connectivity index (χ4v) is 2.32. The largest absolute Gasteiger partial charge is 0.484 e. The summed E-state index contributed by atoms with van der Waals surface area (Å²) in [6, 6.07) is 9.31. The van der Waals surface area contributed by atoms with Crippen molar-refractivity contribution in [3.63, 3.8) is 0 Å². The maximum Gasteiger partial charge on any atom is 0.276 e. The molecule has 2 aromatic rings. The lowest BCUT2D eigenvalue weighted by Gasteiger charge is -2.08. The van der Waals surface area contributed by atoms with Crippen molar-refractivity contribution in [2.75, 3.05) is 18.1 Å². The molecular weight excluding hydrogens is 360 g/mol. The first-order valence-electron chi connectivity index (χ1n) is 7.16. The molecule has 2 amide bonds. The number of thioether (sulfide) groups is 1. The maximum atomic E-state index is 11.7. The van der Waals surface area contributed by atoms with Gasteiger partial charge in [-0.15, -0.1) is 0 Å². The number of ether oxygens (including phenoxy) is 1. The van der Waals surface area contributed by atoms with Crippen LogP contribution in [0.25, 0.3) is 0 Å². The van der Waals surface area contributed by atoms with Crippen LogP contribution in [0.4, 0.5) is 5.82 Å². The SMILES string of the molecule is N#Cc1ccc(OCC(=O)NNC(=O)CSc2nc(N)cc(=O)[nH]2)cc1.